The van der Waals surface area contributed by atoms with Crippen LogP contribution in [-0.4, -0.2) is 43.2 Å². The SMILES string of the molecule is CC(C)(Oc1ccc(C(=O)Nc2ccccc2Sc2ccccc2-c2nnn[nH]2)cc1)C(=O)O. The second kappa shape index (κ2) is 9.75. The maximum absolute atomic E-state index is 12.9. The lowest BCUT2D eigenvalue weighted by Gasteiger charge is -2.21. The number of ether oxygens (including phenoxy) is 1. The van der Waals surface area contributed by atoms with Crippen LogP contribution in [0.3, 0.4) is 0 Å². The maximum atomic E-state index is 12.9. The van der Waals surface area contributed by atoms with Gasteiger partial charge in [0.05, 0.1) is 5.69 Å². The molecule has 0 spiro atoms. The normalized spacial score (nSPS) is 11.1. The number of nitrogens with one attached hydrogen (secondary N) is 2. The molecule has 0 saturated heterocycles. The largest absolute Gasteiger partial charge is 0.478 e. The molecule has 9 nitrogen and oxygen atoms in total. The Morgan fingerprint density at radius 2 is 1.65 bits per heavy atom. The summed E-state index contributed by atoms with van der Waals surface area (Å²) in [6.45, 7) is 2.92. The Kier molecular flexibility index (Phi) is 6.60. The lowest BCUT2D eigenvalue weighted by Crippen LogP contribution is -2.37. The summed E-state index contributed by atoms with van der Waals surface area (Å²) >= 11 is 1.48. The number of nitrogens with zero attached hydrogens (tertiary/aromatic N) is 3. The predicted octanol–water partition coefficient (Wildman–Crippen LogP) is 4.51. The van der Waals surface area contributed by atoms with Gasteiger partial charge in [0, 0.05) is 20.9 Å². The third-order valence-corrected chi connectivity index (χ3v) is 6.00. The molecule has 0 atom stereocenters. The van der Waals surface area contributed by atoms with E-state index < -0.39 is 11.6 Å². The minimum absolute atomic E-state index is 0.301. The summed E-state index contributed by atoms with van der Waals surface area (Å²) in [5, 5.41) is 26.2. The van der Waals surface area contributed by atoms with E-state index in [1.165, 1.54) is 25.6 Å². The van der Waals surface area contributed by atoms with Crippen LogP contribution in [0.1, 0.15) is 24.2 Å². The van der Waals surface area contributed by atoms with Crippen LogP contribution in [-0.2, 0) is 4.79 Å². The highest BCUT2D eigenvalue weighted by atomic mass is 32.2. The topological polar surface area (TPSA) is 130 Å². The summed E-state index contributed by atoms with van der Waals surface area (Å²) in [6.07, 6.45) is 0. The second-order valence-electron chi connectivity index (χ2n) is 7.74. The summed E-state index contributed by atoms with van der Waals surface area (Å²) in [5.74, 6) is -0.467. The number of aromatic amines is 1. The number of amides is 1. The first kappa shape index (κ1) is 23.0. The molecule has 1 aromatic heterocycles. The summed E-state index contributed by atoms with van der Waals surface area (Å²) < 4.78 is 5.49. The lowest BCUT2D eigenvalue weighted by molar-refractivity contribution is -0.152. The van der Waals surface area contributed by atoms with Crippen molar-refractivity contribution in [2.24, 2.45) is 0 Å². The average molecular weight is 476 g/mol. The minimum atomic E-state index is -1.38. The van der Waals surface area contributed by atoms with Crippen LogP contribution in [0, 0.1) is 0 Å². The molecule has 1 amide bonds. The number of H-pyrrole nitrogens is 1. The van der Waals surface area contributed by atoms with Gasteiger partial charge in [-0.1, -0.05) is 36.0 Å². The number of benzene rings is 3. The number of carboxylic acid groups (broad SMARTS) is 1. The van der Waals surface area contributed by atoms with E-state index in [2.05, 4.69) is 25.9 Å². The van der Waals surface area contributed by atoms with Crippen molar-refractivity contribution in [3.8, 4) is 17.1 Å². The highest BCUT2D eigenvalue weighted by molar-refractivity contribution is 7.99. The first-order valence-corrected chi connectivity index (χ1v) is 11.1. The lowest BCUT2D eigenvalue weighted by atomic mass is 10.1. The fraction of sp³-hybridized carbons (Fsp3) is 0.125. The van der Waals surface area contributed by atoms with Gasteiger partial charge in [-0.25, -0.2) is 9.89 Å². The third kappa shape index (κ3) is 5.24. The van der Waals surface area contributed by atoms with E-state index >= 15 is 0 Å². The molecule has 34 heavy (non-hydrogen) atoms. The number of anilines is 1. The first-order valence-electron chi connectivity index (χ1n) is 10.3. The van der Waals surface area contributed by atoms with Gasteiger partial charge in [-0.2, -0.15) is 0 Å². The number of para-hydroxylation sites is 1. The number of hydrogen-bond donors (Lipinski definition) is 3. The molecule has 4 aromatic rings. The number of carbonyl (C=O) groups excluding carboxylic acids is 1. The molecule has 1 heterocycles. The average Bonchev–Trinajstić information content (AvgIpc) is 3.36. The van der Waals surface area contributed by atoms with Crippen molar-refractivity contribution in [3.05, 3.63) is 78.4 Å². The van der Waals surface area contributed by atoms with Crippen molar-refractivity contribution in [1.82, 2.24) is 20.6 Å². The zero-order valence-corrected chi connectivity index (χ0v) is 19.2. The highest BCUT2D eigenvalue weighted by Crippen LogP contribution is 2.38. The smallest absolute Gasteiger partial charge is 0.347 e. The quantitative estimate of drug-likeness (QED) is 0.339. The number of aliphatic carboxylic acids is 1. The van der Waals surface area contributed by atoms with Crippen LogP contribution >= 0.6 is 11.8 Å². The molecular formula is C24H21N5O4S. The molecule has 0 saturated carbocycles. The van der Waals surface area contributed by atoms with Gasteiger partial charge in [-0.3, -0.25) is 4.79 Å². The van der Waals surface area contributed by atoms with Crippen LogP contribution < -0.4 is 10.1 Å². The Hall–Kier alpha value is -4.18. The van der Waals surface area contributed by atoms with Crippen LogP contribution in [0.25, 0.3) is 11.4 Å². The minimum Gasteiger partial charge on any atom is -0.478 e. The molecular weight excluding hydrogens is 454 g/mol. The van der Waals surface area contributed by atoms with Crippen LogP contribution in [0.5, 0.6) is 5.75 Å². The van der Waals surface area contributed by atoms with Gasteiger partial charge in [-0.15, -0.1) is 5.10 Å². The number of rotatable bonds is 8. The van der Waals surface area contributed by atoms with Gasteiger partial charge in [0.1, 0.15) is 5.75 Å². The molecule has 3 aromatic carbocycles. The summed E-state index contributed by atoms with van der Waals surface area (Å²) in [6, 6.07) is 21.5. The van der Waals surface area contributed by atoms with Gasteiger partial charge in [0.15, 0.2) is 11.4 Å². The van der Waals surface area contributed by atoms with Gasteiger partial charge >= 0.3 is 5.97 Å². The fourth-order valence-electron chi connectivity index (χ4n) is 3.01. The van der Waals surface area contributed by atoms with Crippen molar-refractivity contribution < 1.29 is 19.4 Å². The van der Waals surface area contributed by atoms with Crippen LogP contribution in [0.4, 0.5) is 5.69 Å². The summed E-state index contributed by atoms with van der Waals surface area (Å²) in [4.78, 5) is 25.9. The van der Waals surface area contributed by atoms with Gasteiger partial charge in [-0.05, 0) is 72.8 Å². The predicted molar refractivity (Wildman–Crippen MR) is 127 cm³/mol. The van der Waals surface area contributed by atoms with E-state index in [9.17, 15) is 14.7 Å². The fourth-order valence-corrected chi connectivity index (χ4v) is 4.04. The number of hydrogen-bond acceptors (Lipinski definition) is 7. The van der Waals surface area contributed by atoms with E-state index in [-0.39, 0.29) is 5.91 Å². The summed E-state index contributed by atoms with van der Waals surface area (Å²) in [5.41, 5.74) is 0.528. The number of carboxylic acids is 1. The molecule has 172 valence electrons. The summed E-state index contributed by atoms with van der Waals surface area (Å²) in [7, 11) is 0. The van der Waals surface area contributed by atoms with Crippen LogP contribution in [0.2, 0.25) is 0 Å². The zero-order chi connectivity index (χ0) is 24.1. The molecule has 0 aliphatic carbocycles. The first-order chi connectivity index (χ1) is 16.3. The number of carbonyl (C=O) groups is 2. The van der Waals surface area contributed by atoms with Gasteiger partial charge < -0.3 is 15.2 Å². The number of tetrazole rings is 1. The van der Waals surface area contributed by atoms with E-state index in [4.69, 9.17) is 4.74 Å². The molecule has 0 radical (unpaired) electrons. The van der Waals surface area contributed by atoms with E-state index in [0.29, 0.717) is 22.8 Å². The number of aromatic nitrogens is 4. The van der Waals surface area contributed by atoms with Crippen molar-refractivity contribution in [2.75, 3.05) is 5.32 Å². The van der Waals surface area contributed by atoms with Crippen molar-refractivity contribution >= 4 is 29.3 Å². The molecule has 4 rings (SSSR count). The monoisotopic (exact) mass is 475 g/mol. The molecule has 0 fully saturated rings. The van der Waals surface area contributed by atoms with Gasteiger partial charge in [0.25, 0.3) is 5.91 Å². The van der Waals surface area contributed by atoms with Crippen molar-refractivity contribution in [1.29, 1.82) is 0 Å². The Morgan fingerprint density at radius 1 is 0.971 bits per heavy atom. The standard InChI is InChI=1S/C24H21N5O4S/c1-24(2,23(31)32)33-16-13-11-15(12-14-16)22(30)25-18-8-4-6-10-20(18)34-19-9-5-3-7-17(19)21-26-28-29-27-21/h3-14H,1-2H3,(H,25,30)(H,31,32)(H,26,27,28,29). The van der Waals surface area contributed by atoms with Crippen molar-refractivity contribution in [2.45, 2.75) is 29.2 Å². The third-order valence-electron chi connectivity index (χ3n) is 4.85. The van der Waals surface area contributed by atoms with Crippen LogP contribution in [0.15, 0.2) is 82.6 Å². The molecule has 3 N–H and O–H groups in total. The molecule has 0 unspecified atom stereocenters. The Balaban J connectivity index is 1.51. The zero-order valence-electron chi connectivity index (χ0n) is 18.4. The van der Waals surface area contributed by atoms with Gasteiger partial charge in [0.2, 0.25) is 0 Å². The Labute approximate surface area is 199 Å². The van der Waals surface area contributed by atoms with Crippen molar-refractivity contribution in [3.63, 3.8) is 0 Å². The molecule has 0 aliphatic heterocycles. The molecule has 0 bridgehead atoms. The van der Waals surface area contributed by atoms with E-state index in [1.54, 1.807) is 24.3 Å². The highest BCUT2D eigenvalue weighted by Gasteiger charge is 2.29. The Morgan fingerprint density at radius 3 is 2.32 bits per heavy atom. The Bertz CT molecular complexity index is 1310. The maximum Gasteiger partial charge on any atom is 0.347 e. The van der Waals surface area contributed by atoms with E-state index in [0.717, 1.165) is 15.4 Å². The van der Waals surface area contributed by atoms with E-state index in [1.807, 2.05) is 48.5 Å². The molecule has 10 heteroatoms. The second-order valence-corrected chi connectivity index (χ2v) is 8.82. The molecule has 0 aliphatic rings.